The van der Waals surface area contributed by atoms with Gasteiger partial charge in [-0.05, 0) is 62.7 Å². The number of amides is 14. The Kier molecular flexibility index (Phi) is 39.6. The number of carbonyl (C=O) groups is 19. The number of unbranched alkanes of at least 4 members (excludes halogenated alkanes) is 6. The number of benzene rings is 2. The lowest BCUT2D eigenvalue weighted by atomic mass is 9.94. The zero-order chi connectivity index (χ0) is 88.9. The molecule has 3 aromatic rings. The lowest BCUT2D eigenvalue weighted by Crippen LogP contribution is -2.62. The number of carboxylic acid groups (broad SMARTS) is 4. The van der Waals surface area contributed by atoms with Gasteiger partial charge >= 0.3 is 29.8 Å². The van der Waals surface area contributed by atoms with Gasteiger partial charge in [0.1, 0.15) is 72.6 Å². The zero-order valence-corrected chi connectivity index (χ0v) is 66.2. The molecule has 1 aromatic heterocycles. The summed E-state index contributed by atoms with van der Waals surface area (Å²) in [6.07, 6.45) is -2.22. The van der Waals surface area contributed by atoms with Gasteiger partial charge in [0.15, 0.2) is 5.79 Å². The quantitative estimate of drug-likeness (QED) is 0.00862. The molecule has 46 heteroatoms. The molecule has 2 aromatic carbocycles. The van der Waals surface area contributed by atoms with E-state index in [-0.39, 0.29) is 50.3 Å². The van der Waals surface area contributed by atoms with Crippen LogP contribution in [0, 0.1) is 5.92 Å². The van der Waals surface area contributed by atoms with E-state index in [1.165, 1.54) is 24.3 Å². The second-order valence-electron chi connectivity index (χ2n) is 28.4. The molecule has 3 heterocycles. The fourth-order valence-electron chi connectivity index (χ4n) is 12.7. The molecular formula is C74H103N19O27. The molecule has 23 N–H and O–H groups in total. The van der Waals surface area contributed by atoms with Crippen molar-refractivity contribution in [2.75, 3.05) is 39.5 Å². The molecular weight excluding hydrogens is 1590 g/mol. The number of nitrogens with zero attached hydrogens (tertiary/aromatic N) is 3. The van der Waals surface area contributed by atoms with Crippen LogP contribution in [0.2, 0.25) is 0 Å². The number of primary amides is 1. The highest BCUT2D eigenvalue weighted by Gasteiger charge is 2.47. The predicted molar refractivity (Wildman–Crippen MR) is 414 cm³/mol. The second-order valence-corrected chi connectivity index (χ2v) is 28.4. The lowest BCUT2D eigenvalue weighted by molar-refractivity contribution is -0.184. The van der Waals surface area contributed by atoms with Crippen LogP contribution in [0.15, 0.2) is 59.8 Å². The zero-order valence-electron chi connectivity index (χ0n) is 66.2. The number of nitrogens with two attached hydrogens (primary N) is 2. The number of azide groups is 1. The first-order chi connectivity index (χ1) is 56.9. The Labute approximate surface area is 685 Å². The molecule has 0 spiro atoms. The van der Waals surface area contributed by atoms with E-state index < -0.39 is 261 Å². The monoisotopic (exact) mass is 1690 g/mol. The molecule has 13 unspecified atom stereocenters. The highest BCUT2D eigenvalue weighted by Crippen LogP contribution is 2.41. The molecule has 5 rings (SSSR count). The summed E-state index contributed by atoms with van der Waals surface area (Å²) < 4.78 is 18.0. The summed E-state index contributed by atoms with van der Waals surface area (Å²) in [6.45, 7) is 0.554. The Bertz CT molecular complexity index is 4260. The van der Waals surface area contributed by atoms with Gasteiger partial charge in [0.2, 0.25) is 82.7 Å². The van der Waals surface area contributed by atoms with Crippen molar-refractivity contribution in [3.63, 3.8) is 0 Å². The summed E-state index contributed by atoms with van der Waals surface area (Å²) in [4.78, 5) is 267. The number of aliphatic carboxylic acids is 4. The first kappa shape index (κ1) is 97.6. The summed E-state index contributed by atoms with van der Waals surface area (Å²) in [5.74, 6) is -30.9. The van der Waals surface area contributed by atoms with E-state index in [2.05, 4.69) is 75.1 Å². The van der Waals surface area contributed by atoms with Gasteiger partial charge in [0, 0.05) is 52.5 Å². The molecule has 2 aliphatic rings. The van der Waals surface area contributed by atoms with Crippen LogP contribution in [0.4, 0.5) is 5.69 Å². The minimum Gasteiger partial charge on any atom is -0.481 e. The predicted octanol–water partition coefficient (Wildman–Crippen LogP) is -4.25. The molecule has 120 heavy (non-hydrogen) atoms. The maximum Gasteiger partial charge on any atom is 0.329 e. The van der Waals surface area contributed by atoms with Gasteiger partial charge in [-0.2, -0.15) is 0 Å². The van der Waals surface area contributed by atoms with Crippen molar-refractivity contribution in [1.29, 1.82) is 0 Å². The number of aromatic nitrogens is 1. The SMILES string of the molecule is CCCCCCCCCC(=O)NC(Cc1c[nH]c2ccccc12)C(=O)NC(CC(N)=O)C(=O)NC(CC(=O)O)C(=O)NC1C(=O)NCC(=O)NC(CCCN)C(=O)NC(CC(=O)O)C(=O)NC(C)C(=O)NC(CC(=O)O)C(=O)NCC(=O)NC(CO)C(=O)NC(C(C)CC(=O)O)C(=O)NC(CC2(c3ccccc3N=[N+]=[N-])OCCO2)C(=O)OC1C. The number of aliphatic hydroxyl groups is 1. The summed E-state index contributed by atoms with van der Waals surface area (Å²) in [5, 5.41) is 83.2. The molecule has 13 atom stereocenters. The van der Waals surface area contributed by atoms with Crippen LogP contribution in [0.3, 0.4) is 0 Å². The van der Waals surface area contributed by atoms with Crippen molar-refractivity contribution in [3.05, 3.63) is 76.3 Å². The number of esters is 1. The van der Waals surface area contributed by atoms with Crippen LogP contribution < -0.4 is 80.6 Å². The average molecular weight is 1690 g/mol. The number of para-hydroxylation sites is 1. The Morgan fingerprint density at radius 3 is 1.76 bits per heavy atom. The fourth-order valence-corrected chi connectivity index (χ4v) is 12.7. The number of aromatic amines is 1. The van der Waals surface area contributed by atoms with E-state index in [4.69, 9.17) is 25.7 Å². The fraction of sp³-hybridized carbons (Fsp3) is 0.554. The van der Waals surface area contributed by atoms with Crippen LogP contribution in [0.5, 0.6) is 0 Å². The van der Waals surface area contributed by atoms with Gasteiger partial charge in [-0.1, -0.05) is 100.0 Å². The van der Waals surface area contributed by atoms with Gasteiger partial charge in [0.05, 0.1) is 65.0 Å². The summed E-state index contributed by atoms with van der Waals surface area (Å²) in [7, 11) is 0. The Morgan fingerprint density at radius 1 is 0.600 bits per heavy atom. The minimum atomic E-state index is -2.46. The van der Waals surface area contributed by atoms with E-state index in [9.17, 15) is 113 Å². The van der Waals surface area contributed by atoms with Crippen LogP contribution >= 0.6 is 0 Å². The first-order valence-corrected chi connectivity index (χ1v) is 38.4. The molecule has 2 aliphatic heterocycles. The maximum atomic E-state index is 15.3. The van der Waals surface area contributed by atoms with Crippen LogP contribution in [-0.2, 0) is 118 Å². The molecule has 0 bridgehead atoms. The largest absolute Gasteiger partial charge is 0.481 e. The van der Waals surface area contributed by atoms with Crippen molar-refractivity contribution in [2.24, 2.45) is 22.5 Å². The Balaban J connectivity index is 1.65. The van der Waals surface area contributed by atoms with Crippen LogP contribution in [-0.4, -0.2) is 255 Å². The van der Waals surface area contributed by atoms with Crippen molar-refractivity contribution < 1.29 is 131 Å². The molecule has 0 saturated carbocycles. The molecule has 14 amide bonds. The second kappa shape index (κ2) is 48.7. The molecule has 2 saturated heterocycles. The number of carbonyl (C=O) groups excluding carboxylic acids is 15. The van der Waals surface area contributed by atoms with Crippen LogP contribution in [0.1, 0.15) is 142 Å². The smallest absolute Gasteiger partial charge is 0.329 e. The third-order valence-corrected chi connectivity index (χ3v) is 18.9. The standard InChI is InChI=1S/C74H103N19O27/c1-5-6-7-8-9-10-11-22-54(96)83-46(27-40-33-78-43-19-14-12-17-41(40)43)67(111)86-47(28-53(76)95)68(112)88-50(31-60(105)106)69(113)91-62-39(4)120-73(117)51(32-74(118-24-25-119-74)42-18-13-15-20-44(42)92-93-77)89-72(116)61(37(2)26-57(99)100)90-70(114)52(36-94)84-56(98)34-79-64(108)48(29-58(101)102)85-63(107)38(3)81-66(110)49(30-59(103)104)87-65(109)45(21-16-23-75)82-55(97)35-80-71(62)115/h12-15,17-20,33,37-39,45-52,61-62,78,94H,5-11,16,21-32,34-36,75H2,1-4H3,(H2,76,95)(H,79,108)(H,80,115)(H,81,110)(H,82,97)(H,83,96)(H,84,98)(H,85,107)(H,86,111)(H,87,109)(H,88,112)(H,89,116)(H,90,114)(H,91,113)(H,99,100)(H,101,102)(H,103,104)(H,105,106). The van der Waals surface area contributed by atoms with Gasteiger partial charge in [-0.3, -0.25) is 86.3 Å². The van der Waals surface area contributed by atoms with E-state index in [0.29, 0.717) is 29.3 Å². The highest BCUT2D eigenvalue weighted by molar-refractivity contribution is 6.02. The topological polar surface area (TPSA) is 726 Å². The summed E-state index contributed by atoms with van der Waals surface area (Å²) >= 11 is 0. The number of fused-ring (bicyclic) bond motifs is 1. The molecule has 2 fully saturated rings. The average Bonchev–Trinajstić information content (AvgIpc) is 1.22. The molecule has 656 valence electrons. The minimum absolute atomic E-state index is 0.0223. The summed E-state index contributed by atoms with van der Waals surface area (Å²) in [5.41, 5.74) is 21.8. The number of nitrogens with one attached hydrogen (secondary N) is 14. The van der Waals surface area contributed by atoms with Gasteiger partial charge in [-0.15, -0.1) is 0 Å². The Morgan fingerprint density at radius 2 is 1.15 bits per heavy atom. The third-order valence-electron chi connectivity index (χ3n) is 18.9. The number of rotatable bonds is 36. The maximum absolute atomic E-state index is 15.3. The van der Waals surface area contributed by atoms with Gasteiger partial charge < -0.3 is 125 Å². The van der Waals surface area contributed by atoms with E-state index >= 15 is 9.59 Å². The van der Waals surface area contributed by atoms with Crippen molar-refractivity contribution in [1.82, 2.24) is 74.1 Å². The Hall–Kier alpha value is -12.9. The summed E-state index contributed by atoms with van der Waals surface area (Å²) in [6, 6.07) is -10.4. The van der Waals surface area contributed by atoms with Gasteiger partial charge in [0.25, 0.3) is 0 Å². The number of aliphatic hydroxyl groups excluding tert-OH is 1. The van der Waals surface area contributed by atoms with Crippen molar-refractivity contribution in [3.8, 4) is 0 Å². The van der Waals surface area contributed by atoms with E-state index in [0.717, 1.165) is 52.9 Å². The number of cyclic esters (lactones) is 1. The van der Waals surface area contributed by atoms with Gasteiger partial charge in [-0.25, -0.2) is 4.79 Å². The normalized spacial score (nSPS) is 21.8. The van der Waals surface area contributed by atoms with Crippen LogP contribution in [0.25, 0.3) is 21.3 Å². The molecule has 46 nitrogen and oxygen atoms in total. The molecule has 0 aliphatic carbocycles. The molecule has 0 radical (unpaired) electrons. The van der Waals surface area contributed by atoms with Crippen molar-refractivity contribution >= 4 is 129 Å². The lowest BCUT2D eigenvalue weighted by Gasteiger charge is -2.34. The number of hydrogen-bond acceptors (Lipinski definition) is 25. The highest BCUT2D eigenvalue weighted by atomic mass is 16.7. The number of carboxylic acids is 4. The van der Waals surface area contributed by atoms with Crippen molar-refractivity contribution in [2.45, 2.75) is 215 Å². The van der Waals surface area contributed by atoms with E-state index in [1.54, 1.807) is 30.5 Å². The third kappa shape index (κ3) is 31.5. The van der Waals surface area contributed by atoms with E-state index in [1.807, 2.05) is 16.0 Å². The number of H-pyrrole nitrogens is 1. The first-order valence-electron chi connectivity index (χ1n) is 38.4. The number of ether oxygens (including phenoxy) is 3. The number of hydrogen-bond donors (Lipinski definition) is 21.